The molecule has 9 nitrogen and oxygen atoms in total. The van der Waals surface area contributed by atoms with Gasteiger partial charge in [0.25, 0.3) is 5.91 Å². The number of carbonyl (C=O) groups excluding carboxylic acids is 3. The van der Waals surface area contributed by atoms with E-state index in [1.807, 2.05) is 24.3 Å². The number of ether oxygens (including phenoxy) is 2. The van der Waals surface area contributed by atoms with Gasteiger partial charge in [-0.2, -0.15) is 5.06 Å². The molecule has 37 heavy (non-hydrogen) atoms. The summed E-state index contributed by atoms with van der Waals surface area (Å²) in [5.74, 6) is 5.13. The van der Waals surface area contributed by atoms with Crippen LogP contribution in [0, 0.1) is 23.2 Å². The molecule has 0 bridgehead atoms. The first-order valence-electron chi connectivity index (χ1n) is 13.1. The Bertz CT molecular complexity index is 1150. The van der Waals surface area contributed by atoms with E-state index >= 15 is 0 Å². The van der Waals surface area contributed by atoms with Crippen molar-refractivity contribution in [1.29, 1.82) is 0 Å². The van der Waals surface area contributed by atoms with Crippen molar-refractivity contribution in [3.05, 3.63) is 35.4 Å². The standard InChI is InChI=1S/C28H35N3O6/c1-27(2,3)13-12-17-9-6-7-10-18(17)16-31-22-21-24(36-25(22)33)23-19(35-23)15-28(21,37-31)26(34)30-14-8-4-5-11-20(29)32/h6-7,9-10,19,21-24H,4-5,8,11,14-16H2,1-3H3,(H2,29,32)(H,30,34)/t19?,21?,22?,23?,24?,28-/m0/s1. The highest BCUT2D eigenvalue weighted by Gasteiger charge is 2.76. The molecule has 5 rings (SSSR count). The highest BCUT2D eigenvalue weighted by Crippen LogP contribution is 2.57. The van der Waals surface area contributed by atoms with Crippen LogP contribution in [0.5, 0.6) is 0 Å². The second-order valence-electron chi connectivity index (χ2n) is 11.5. The van der Waals surface area contributed by atoms with E-state index in [-0.39, 0.29) is 35.4 Å². The second kappa shape index (κ2) is 9.75. The fourth-order valence-corrected chi connectivity index (χ4v) is 5.67. The number of hydroxylamine groups is 2. The van der Waals surface area contributed by atoms with Crippen molar-refractivity contribution in [2.75, 3.05) is 6.54 Å². The van der Waals surface area contributed by atoms with Gasteiger partial charge in [-0.15, -0.1) is 0 Å². The molecule has 9 heteroatoms. The summed E-state index contributed by atoms with van der Waals surface area (Å²) in [6, 6.07) is 7.09. The van der Waals surface area contributed by atoms with Crippen molar-refractivity contribution in [1.82, 2.24) is 10.4 Å². The second-order valence-corrected chi connectivity index (χ2v) is 11.5. The molecule has 0 spiro atoms. The number of rotatable bonds is 9. The van der Waals surface area contributed by atoms with Gasteiger partial charge in [-0.3, -0.25) is 19.2 Å². The van der Waals surface area contributed by atoms with Crippen molar-refractivity contribution in [3.63, 3.8) is 0 Å². The van der Waals surface area contributed by atoms with E-state index < -0.39 is 23.7 Å². The summed E-state index contributed by atoms with van der Waals surface area (Å²) in [6.45, 7) is 6.91. The summed E-state index contributed by atoms with van der Waals surface area (Å²) in [4.78, 5) is 44.1. The van der Waals surface area contributed by atoms with E-state index in [1.165, 1.54) is 0 Å². The van der Waals surface area contributed by atoms with Crippen LogP contribution >= 0.6 is 0 Å². The molecule has 1 aliphatic carbocycles. The zero-order chi connectivity index (χ0) is 26.4. The normalized spacial score (nSPS) is 31.5. The van der Waals surface area contributed by atoms with E-state index in [0.29, 0.717) is 38.8 Å². The van der Waals surface area contributed by atoms with Crippen LogP contribution in [0.1, 0.15) is 64.0 Å². The number of benzene rings is 1. The molecular formula is C28H35N3O6. The third-order valence-electron chi connectivity index (χ3n) is 7.45. The van der Waals surface area contributed by atoms with Crippen molar-refractivity contribution in [3.8, 4) is 11.8 Å². The molecule has 0 radical (unpaired) electrons. The number of epoxide rings is 1. The first-order chi connectivity index (χ1) is 17.6. The van der Waals surface area contributed by atoms with Crippen LogP contribution in [-0.4, -0.2) is 59.3 Å². The fourth-order valence-electron chi connectivity index (χ4n) is 5.67. The summed E-state index contributed by atoms with van der Waals surface area (Å²) < 4.78 is 11.5. The highest BCUT2D eigenvalue weighted by atomic mass is 16.7. The third-order valence-corrected chi connectivity index (χ3v) is 7.45. The van der Waals surface area contributed by atoms with Gasteiger partial charge in [0.05, 0.1) is 18.6 Å². The van der Waals surface area contributed by atoms with Crippen LogP contribution in [0.4, 0.5) is 0 Å². The number of nitrogens with one attached hydrogen (secondary N) is 1. The molecule has 4 aliphatic rings. The average Bonchev–Trinajstić information content (AvgIpc) is 3.40. The van der Waals surface area contributed by atoms with Gasteiger partial charge in [-0.1, -0.05) is 36.5 Å². The molecule has 4 fully saturated rings. The number of nitrogens with two attached hydrogens (primary N) is 1. The van der Waals surface area contributed by atoms with Gasteiger partial charge in [-0.25, -0.2) is 0 Å². The summed E-state index contributed by atoms with van der Waals surface area (Å²) in [7, 11) is 0. The Balaban J connectivity index is 1.35. The Morgan fingerprint density at radius 2 is 1.97 bits per heavy atom. The molecule has 1 aromatic rings. The molecule has 6 atom stereocenters. The van der Waals surface area contributed by atoms with Crippen LogP contribution in [0.2, 0.25) is 0 Å². The number of hydrogen-bond acceptors (Lipinski definition) is 7. The van der Waals surface area contributed by atoms with E-state index in [4.69, 9.17) is 20.0 Å². The van der Waals surface area contributed by atoms with Crippen molar-refractivity contribution in [2.45, 2.75) is 89.4 Å². The maximum atomic E-state index is 13.6. The topological polar surface area (TPSA) is 123 Å². The van der Waals surface area contributed by atoms with Crippen molar-refractivity contribution >= 4 is 17.8 Å². The molecule has 0 aromatic heterocycles. The number of unbranched alkanes of at least 4 members (excludes halogenated alkanes) is 2. The molecule has 3 N–H and O–H groups in total. The van der Waals surface area contributed by atoms with Gasteiger partial charge in [0, 0.05) is 30.4 Å². The summed E-state index contributed by atoms with van der Waals surface area (Å²) in [6.07, 6.45) is 2.04. The maximum Gasteiger partial charge on any atom is 0.326 e. The van der Waals surface area contributed by atoms with Crippen LogP contribution in [0.3, 0.4) is 0 Å². The zero-order valence-electron chi connectivity index (χ0n) is 21.6. The highest BCUT2D eigenvalue weighted by molar-refractivity contribution is 5.90. The number of primary amides is 1. The van der Waals surface area contributed by atoms with Crippen LogP contribution in [0.15, 0.2) is 24.3 Å². The molecule has 198 valence electrons. The maximum absolute atomic E-state index is 13.6. The molecule has 1 saturated carbocycles. The number of nitrogens with zero attached hydrogens (tertiary/aromatic N) is 1. The van der Waals surface area contributed by atoms with E-state index in [0.717, 1.165) is 17.5 Å². The number of hydrogen-bond donors (Lipinski definition) is 2. The number of carbonyl (C=O) groups is 3. The molecule has 2 amide bonds. The van der Waals surface area contributed by atoms with E-state index in [2.05, 4.69) is 37.9 Å². The summed E-state index contributed by atoms with van der Waals surface area (Å²) in [5.41, 5.74) is 5.58. The van der Waals surface area contributed by atoms with Gasteiger partial charge in [0.2, 0.25) is 5.91 Å². The molecule has 5 unspecified atom stereocenters. The molecule has 1 aromatic carbocycles. The van der Waals surface area contributed by atoms with E-state index in [9.17, 15) is 14.4 Å². The number of amides is 2. The van der Waals surface area contributed by atoms with Gasteiger partial charge in [-0.05, 0) is 45.2 Å². The van der Waals surface area contributed by atoms with Crippen LogP contribution in [0.25, 0.3) is 0 Å². The monoisotopic (exact) mass is 509 g/mol. The molecule has 3 heterocycles. The van der Waals surface area contributed by atoms with Gasteiger partial charge in [0.15, 0.2) is 5.60 Å². The van der Waals surface area contributed by atoms with E-state index in [1.54, 1.807) is 5.06 Å². The van der Waals surface area contributed by atoms with Gasteiger partial charge < -0.3 is 20.5 Å². The Kier molecular flexibility index (Phi) is 6.77. The number of esters is 1. The first kappa shape index (κ1) is 25.7. The average molecular weight is 510 g/mol. The lowest BCUT2D eigenvalue weighted by atomic mass is 9.71. The van der Waals surface area contributed by atoms with Crippen LogP contribution < -0.4 is 11.1 Å². The smallest absolute Gasteiger partial charge is 0.326 e. The largest absolute Gasteiger partial charge is 0.458 e. The van der Waals surface area contributed by atoms with Crippen LogP contribution in [-0.2, 0) is 35.2 Å². The molecule has 3 saturated heterocycles. The van der Waals surface area contributed by atoms with Gasteiger partial charge >= 0.3 is 5.97 Å². The quantitative estimate of drug-likeness (QED) is 0.225. The Hall–Kier alpha value is -2.93. The SMILES string of the molecule is CC(C)(C)C#Cc1ccccc1CN1O[C@@]2(C(=O)NCCCCCC(N)=O)CC3OC3C3OC(=O)C1C32. The van der Waals surface area contributed by atoms with Crippen molar-refractivity contribution in [2.24, 2.45) is 17.1 Å². The Morgan fingerprint density at radius 3 is 2.73 bits per heavy atom. The zero-order valence-corrected chi connectivity index (χ0v) is 21.6. The minimum atomic E-state index is -1.24. The predicted octanol–water partition coefficient (Wildman–Crippen LogP) is 1.81. The summed E-state index contributed by atoms with van der Waals surface area (Å²) >= 11 is 0. The minimum Gasteiger partial charge on any atom is -0.458 e. The van der Waals surface area contributed by atoms with Gasteiger partial charge in [0.1, 0.15) is 18.2 Å². The minimum absolute atomic E-state index is 0.155. The fraction of sp³-hybridized carbons (Fsp3) is 0.607. The number of fused-ring (bicyclic) bond motifs is 2. The third kappa shape index (κ3) is 5.11. The lowest BCUT2D eigenvalue weighted by Crippen LogP contribution is -2.58. The lowest BCUT2D eigenvalue weighted by Gasteiger charge is -2.35. The lowest BCUT2D eigenvalue weighted by molar-refractivity contribution is -0.229. The Morgan fingerprint density at radius 1 is 1.19 bits per heavy atom. The first-order valence-corrected chi connectivity index (χ1v) is 13.1. The summed E-state index contributed by atoms with van der Waals surface area (Å²) in [5, 5.41) is 4.63. The molecule has 3 aliphatic heterocycles. The predicted molar refractivity (Wildman–Crippen MR) is 133 cm³/mol. The molecular weight excluding hydrogens is 474 g/mol. The van der Waals surface area contributed by atoms with Crippen molar-refractivity contribution < 1.29 is 28.7 Å². The Labute approximate surface area is 217 Å².